The Labute approximate surface area is 250 Å². The summed E-state index contributed by atoms with van der Waals surface area (Å²) in [5.74, 6) is 1.73. The molecular weight excluding hydrogens is 558 g/mol. The van der Waals surface area contributed by atoms with Crippen LogP contribution in [-0.2, 0) is 33.7 Å². The smallest absolute Gasteiger partial charge is 0.313 e. The zero-order valence-electron chi connectivity index (χ0n) is 24.5. The maximum atomic E-state index is 12.1. The van der Waals surface area contributed by atoms with E-state index in [1.165, 1.54) is 5.69 Å². The maximum Gasteiger partial charge on any atom is 0.313 e. The van der Waals surface area contributed by atoms with Gasteiger partial charge in [-0.2, -0.15) is 0 Å². The number of hydrogen-bond donors (Lipinski definition) is 0. The summed E-state index contributed by atoms with van der Waals surface area (Å²) in [5.41, 5.74) is 4.94. The maximum absolute atomic E-state index is 12.1. The minimum atomic E-state index is -0.520. The van der Waals surface area contributed by atoms with Crippen molar-refractivity contribution in [2.45, 2.75) is 58.8 Å². The first-order chi connectivity index (χ1) is 20.3. The van der Waals surface area contributed by atoms with Gasteiger partial charge >= 0.3 is 5.97 Å². The van der Waals surface area contributed by atoms with Gasteiger partial charge in [0, 0.05) is 28.4 Å². The van der Waals surface area contributed by atoms with Gasteiger partial charge < -0.3 is 23.5 Å². The van der Waals surface area contributed by atoms with E-state index < -0.39 is 6.10 Å². The molecule has 11 heteroatoms. The van der Waals surface area contributed by atoms with Crippen molar-refractivity contribution >= 4 is 17.6 Å². The number of aryl methyl sites for hydroxylation is 1. The fourth-order valence-electron chi connectivity index (χ4n) is 5.54. The molecule has 0 radical (unpaired) electrons. The van der Waals surface area contributed by atoms with Crippen LogP contribution in [-0.4, -0.2) is 51.6 Å². The molecule has 0 saturated heterocycles. The van der Waals surface area contributed by atoms with E-state index in [0.29, 0.717) is 47.8 Å². The number of methoxy groups -OCH3 is 2. The Bertz CT molecular complexity index is 1550. The van der Waals surface area contributed by atoms with E-state index in [4.69, 9.17) is 30.5 Å². The lowest BCUT2D eigenvalue weighted by molar-refractivity contribution is -0.142. The third-order valence-corrected chi connectivity index (χ3v) is 7.52. The van der Waals surface area contributed by atoms with Crippen LogP contribution >= 0.6 is 11.6 Å². The number of carbonyl (C=O) groups is 1. The van der Waals surface area contributed by atoms with Crippen molar-refractivity contribution in [3.63, 3.8) is 0 Å². The van der Waals surface area contributed by atoms with Gasteiger partial charge in [0.05, 0.1) is 32.2 Å². The number of aromatic nitrogens is 5. The number of carbonyl (C=O) groups excluding carboxylic acids is 1. The van der Waals surface area contributed by atoms with Crippen LogP contribution in [0.2, 0.25) is 5.02 Å². The number of para-hydroxylation sites is 1. The number of nitrogens with zero attached hydrogens (tertiary/aromatic N) is 5. The summed E-state index contributed by atoms with van der Waals surface area (Å²) < 4.78 is 27.5. The molecule has 10 nitrogen and oxygen atoms in total. The summed E-state index contributed by atoms with van der Waals surface area (Å²) >= 11 is 6.60. The summed E-state index contributed by atoms with van der Waals surface area (Å²) in [6.07, 6.45) is 0.537. The number of esters is 1. The molecule has 42 heavy (non-hydrogen) atoms. The van der Waals surface area contributed by atoms with E-state index in [2.05, 4.69) is 52.1 Å². The number of rotatable bonds is 11. The van der Waals surface area contributed by atoms with E-state index in [-0.39, 0.29) is 18.5 Å². The molecule has 2 aromatic carbocycles. The van der Waals surface area contributed by atoms with Gasteiger partial charge in [-0.25, -0.2) is 4.68 Å². The van der Waals surface area contributed by atoms with E-state index in [1.54, 1.807) is 25.8 Å². The van der Waals surface area contributed by atoms with Crippen molar-refractivity contribution in [1.29, 1.82) is 0 Å². The number of fused-ring (bicyclic) bond motifs is 3. The molecule has 0 amide bonds. The Morgan fingerprint density at radius 3 is 2.67 bits per heavy atom. The molecule has 2 aromatic heterocycles. The van der Waals surface area contributed by atoms with Gasteiger partial charge in [0.25, 0.3) is 0 Å². The number of halogens is 1. The van der Waals surface area contributed by atoms with E-state index in [9.17, 15) is 4.79 Å². The molecule has 0 N–H and O–H groups in total. The first-order valence-corrected chi connectivity index (χ1v) is 14.5. The summed E-state index contributed by atoms with van der Waals surface area (Å²) in [6, 6.07) is 16.0. The molecule has 4 aromatic rings. The summed E-state index contributed by atoms with van der Waals surface area (Å²) in [4.78, 5) is 12.1. The fourth-order valence-corrected chi connectivity index (χ4v) is 5.73. The SMILES string of the molecule is CCOC(=O)Cc1nnnn1CC[C@@H]1O[C@@H](c2cccc(OC)c2OC)c2cc(Cl)ccc2-n2c(CC(C)C)ccc21. The van der Waals surface area contributed by atoms with Crippen LogP contribution in [0, 0.1) is 5.92 Å². The van der Waals surface area contributed by atoms with Crippen molar-refractivity contribution in [2.24, 2.45) is 5.92 Å². The fraction of sp³-hybridized carbons (Fsp3) is 0.419. The Kier molecular flexibility index (Phi) is 9.13. The topological polar surface area (TPSA) is 103 Å². The Balaban J connectivity index is 1.60. The predicted molar refractivity (Wildman–Crippen MR) is 157 cm³/mol. The molecular formula is C31H36ClN5O5. The van der Waals surface area contributed by atoms with E-state index >= 15 is 0 Å². The van der Waals surface area contributed by atoms with Crippen LogP contribution < -0.4 is 9.47 Å². The predicted octanol–water partition coefficient (Wildman–Crippen LogP) is 5.69. The van der Waals surface area contributed by atoms with Crippen LogP contribution in [0.3, 0.4) is 0 Å². The zero-order valence-corrected chi connectivity index (χ0v) is 25.3. The van der Waals surface area contributed by atoms with Gasteiger partial charge in [0.15, 0.2) is 17.3 Å². The highest BCUT2D eigenvalue weighted by Crippen LogP contribution is 2.47. The molecule has 0 aliphatic carbocycles. The minimum absolute atomic E-state index is 0.00511. The second-order valence-electron chi connectivity index (χ2n) is 10.6. The zero-order chi connectivity index (χ0) is 29.8. The molecule has 5 rings (SSSR count). The molecule has 2 atom stereocenters. The second kappa shape index (κ2) is 13.0. The molecule has 0 bridgehead atoms. The number of benzene rings is 2. The van der Waals surface area contributed by atoms with Crippen molar-refractivity contribution in [3.05, 3.63) is 81.9 Å². The lowest BCUT2D eigenvalue weighted by Crippen LogP contribution is -2.17. The van der Waals surface area contributed by atoms with Gasteiger partial charge in [-0.1, -0.05) is 37.6 Å². The number of hydrogen-bond acceptors (Lipinski definition) is 8. The van der Waals surface area contributed by atoms with Crippen molar-refractivity contribution in [1.82, 2.24) is 24.8 Å². The molecule has 1 aliphatic rings. The van der Waals surface area contributed by atoms with Crippen LogP contribution in [0.25, 0.3) is 5.69 Å². The van der Waals surface area contributed by atoms with Crippen LogP contribution in [0.15, 0.2) is 48.5 Å². The standard InChI is InChI=1S/C31H36ClN5O5/c1-6-41-29(38)18-28-33-34-35-36(28)15-14-26-25-13-11-21(16-19(2)3)37(25)24-12-10-20(32)17-23(24)30(42-26)22-8-7-9-27(39-4)31(22)40-5/h7-13,17,19,26,30H,6,14-16,18H2,1-5H3/t26-,30-/m0/s1. The van der Waals surface area contributed by atoms with E-state index in [0.717, 1.165) is 28.9 Å². The van der Waals surface area contributed by atoms with Crippen LogP contribution in [0.4, 0.5) is 0 Å². The monoisotopic (exact) mass is 593 g/mol. The lowest BCUT2D eigenvalue weighted by atomic mass is 9.97. The molecule has 0 spiro atoms. The van der Waals surface area contributed by atoms with Crippen molar-refractivity contribution < 1.29 is 23.7 Å². The average molecular weight is 594 g/mol. The highest BCUT2D eigenvalue weighted by molar-refractivity contribution is 6.30. The van der Waals surface area contributed by atoms with Crippen LogP contribution in [0.1, 0.15) is 67.7 Å². The van der Waals surface area contributed by atoms with Gasteiger partial charge in [-0.05, 0) is 72.5 Å². The van der Waals surface area contributed by atoms with Gasteiger partial charge in [0.2, 0.25) is 0 Å². The third kappa shape index (κ3) is 6.00. The quantitative estimate of drug-likeness (QED) is 0.204. The number of ether oxygens (including phenoxy) is 4. The average Bonchev–Trinajstić information content (AvgIpc) is 3.55. The van der Waals surface area contributed by atoms with Gasteiger partial charge in [-0.3, -0.25) is 4.79 Å². The molecule has 222 valence electrons. The minimum Gasteiger partial charge on any atom is -0.493 e. The molecule has 0 unspecified atom stereocenters. The van der Waals surface area contributed by atoms with Gasteiger partial charge in [-0.15, -0.1) is 5.10 Å². The molecule has 0 fully saturated rings. The van der Waals surface area contributed by atoms with Crippen LogP contribution in [0.5, 0.6) is 11.5 Å². The number of tetrazole rings is 1. The Morgan fingerprint density at radius 2 is 1.93 bits per heavy atom. The summed E-state index contributed by atoms with van der Waals surface area (Å²) in [6.45, 7) is 6.91. The Morgan fingerprint density at radius 1 is 1.10 bits per heavy atom. The first-order valence-electron chi connectivity index (χ1n) is 14.1. The van der Waals surface area contributed by atoms with Crippen molar-refractivity contribution in [3.8, 4) is 17.2 Å². The highest BCUT2D eigenvalue weighted by Gasteiger charge is 2.34. The summed E-state index contributed by atoms with van der Waals surface area (Å²) in [7, 11) is 3.24. The molecule has 3 heterocycles. The first kappa shape index (κ1) is 29.6. The lowest BCUT2D eigenvalue weighted by Gasteiger charge is -2.25. The normalized spacial score (nSPS) is 16.1. The van der Waals surface area contributed by atoms with E-state index in [1.807, 2.05) is 30.3 Å². The van der Waals surface area contributed by atoms with Crippen molar-refractivity contribution in [2.75, 3.05) is 20.8 Å². The Hall–Kier alpha value is -3.89. The molecule has 0 saturated carbocycles. The second-order valence-corrected chi connectivity index (χ2v) is 11.0. The molecule has 1 aliphatic heterocycles. The van der Waals surface area contributed by atoms with Gasteiger partial charge in [0.1, 0.15) is 18.6 Å². The summed E-state index contributed by atoms with van der Waals surface area (Å²) in [5, 5.41) is 12.6. The largest absolute Gasteiger partial charge is 0.493 e. The third-order valence-electron chi connectivity index (χ3n) is 7.29. The highest BCUT2D eigenvalue weighted by atomic mass is 35.5.